The number of rotatable bonds is 5. The SMILES string of the molecule is c1ccc(-c2cccc(-n3c4ccccc4c4c5c6ccc7ccccc7c6n(-c6nc(-c7ccccc7)nc(-c7ccc8c(c7)oc7ccccc78)n6)c5ccc43)c2)cc1. The van der Waals surface area contributed by atoms with Gasteiger partial charge < -0.3 is 8.98 Å². The molecule has 0 N–H and O–H groups in total. The summed E-state index contributed by atoms with van der Waals surface area (Å²) in [5.74, 6) is 1.71. The summed E-state index contributed by atoms with van der Waals surface area (Å²) in [6, 6.07) is 70.4. The van der Waals surface area contributed by atoms with Gasteiger partial charge in [0, 0.05) is 54.5 Å². The van der Waals surface area contributed by atoms with Gasteiger partial charge in [0.2, 0.25) is 5.95 Å². The Hall–Kier alpha value is -8.35. The number of nitrogens with zero attached hydrogens (tertiary/aromatic N) is 5. The number of fused-ring (bicyclic) bond motifs is 12. The summed E-state index contributed by atoms with van der Waals surface area (Å²) in [5.41, 5.74) is 11.2. The summed E-state index contributed by atoms with van der Waals surface area (Å²) in [4.78, 5) is 15.8. The third kappa shape index (κ3) is 5.12. The Morgan fingerprint density at radius 2 is 0.967 bits per heavy atom. The molecule has 9 aromatic carbocycles. The van der Waals surface area contributed by atoms with Crippen LogP contribution < -0.4 is 0 Å². The molecule has 0 aliphatic rings. The van der Waals surface area contributed by atoms with Crippen molar-refractivity contribution in [1.82, 2.24) is 24.1 Å². The van der Waals surface area contributed by atoms with Crippen molar-refractivity contribution in [2.24, 2.45) is 0 Å². The van der Waals surface area contributed by atoms with Gasteiger partial charge in [-0.2, -0.15) is 9.97 Å². The fourth-order valence-corrected chi connectivity index (χ4v) is 9.44. The van der Waals surface area contributed by atoms with Gasteiger partial charge in [-0.1, -0.05) is 152 Å². The Bertz CT molecular complexity index is 3880. The van der Waals surface area contributed by atoms with Gasteiger partial charge >= 0.3 is 0 Å². The zero-order chi connectivity index (χ0) is 40.0. The Kier molecular flexibility index (Phi) is 7.21. The number of para-hydroxylation sites is 2. The molecule has 6 nitrogen and oxygen atoms in total. The van der Waals surface area contributed by atoms with Gasteiger partial charge in [-0.05, 0) is 65.0 Å². The maximum atomic E-state index is 6.36. The molecular formula is C55H33N5O. The molecule has 0 aliphatic carbocycles. The van der Waals surface area contributed by atoms with E-state index in [0.717, 1.165) is 82.4 Å². The molecule has 0 saturated heterocycles. The average Bonchev–Trinajstić information content (AvgIpc) is 3.99. The minimum absolute atomic E-state index is 0.545. The normalized spacial score (nSPS) is 11.9. The van der Waals surface area contributed by atoms with Crippen LogP contribution >= 0.6 is 0 Å². The Labute approximate surface area is 349 Å². The number of hydrogen-bond acceptors (Lipinski definition) is 4. The van der Waals surface area contributed by atoms with Crippen molar-refractivity contribution in [3.8, 4) is 45.5 Å². The molecular weight excluding hydrogens is 747 g/mol. The first-order chi connectivity index (χ1) is 30.2. The number of furan rings is 1. The zero-order valence-electron chi connectivity index (χ0n) is 32.7. The largest absolute Gasteiger partial charge is 0.456 e. The van der Waals surface area contributed by atoms with Crippen LogP contribution in [-0.4, -0.2) is 24.1 Å². The maximum absolute atomic E-state index is 6.36. The third-order valence-corrected chi connectivity index (χ3v) is 12.2. The summed E-state index contributed by atoms with van der Waals surface area (Å²) >= 11 is 0. The topological polar surface area (TPSA) is 61.7 Å². The molecule has 0 saturated carbocycles. The Morgan fingerprint density at radius 3 is 1.80 bits per heavy atom. The lowest BCUT2D eigenvalue weighted by Gasteiger charge is -2.12. The highest BCUT2D eigenvalue weighted by Gasteiger charge is 2.24. The number of benzene rings is 9. The summed E-state index contributed by atoms with van der Waals surface area (Å²) in [7, 11) is 0. The van der Waals surface area contributed by atoms with Gasteiger partial charge in [-0.3, -0.25) is 4.57 Å². The van der Waals surface area contributed by atoms with E-state index in [0.29, 0.717) is 17.6 Å². The summed E-state index contributed by atoms with van der Waals surface area (Å²) in [6.07, 6.45) is 0. The van der Waals surface area contributed by atoms with Gasteiger partial charge in [0.1, 0.15) is 11.2 Å². The van der Waals surface area contributed by atoms with Gasteiger partial charge in [-0.25, -0.2) is 4.98 Å². The van der Waals surface area contributed by atoms with Crippen molar-refractivity contribution in [3.05, 3.63) is 200 Å². The average molecular weight is 780 g/mol. The molecule has 13 aromatic rings. The van der Waals surface area contributed by atoms with Crippen molar-refractivity contribution < 1.29 is 4.42 Å². The van der Waals surface area contributed by atoms with E-state index in [-0.39, 0.29) is 0 Å². The van der Waals surface area contributed by atoms with Crippen LogP contribution in [0.25, 0.3) is 122 Å². The molecule has 0 amide bonds. The lowest BCUT2D eigenvalue weighted by Crippen LogP contribution is -2.06. The number of hydrogen-bond donors (Lipinski definition) is 0. The molecule has 0 atom stereocenters. The second kappa shape index (κ2) is 13.1. The van der Waals surface area contributed by atoms with Crippen molar-refractivity contribution in [3.63, 3.8) is 0 Å². The quantitative estimate of drug-likeness (QED) is 0.175. The monoisotopic (exact) mass is 779 g/mol. The predicted octanol–water partition coefficient (Wildman–Crippen LogP) is 14.1. The van der Waals surface area contributed by atoms with Gasteiger partial charge in [0.05, 0.1) is 22.1 Å². The van der Waals surface area contributed by atoms with Crippen LogP contribution in [0.2, 0.25) is 0 Å². The van der Waals surface area contributed by atoms with E-state index < -0.39 is 0 Å². The molecule has 0 bridgehead atoms. The highest BCUT2D eigenvalue weighted by molar-refractivity contribution is 6.31. The Balaban J connectivity index is 1.12. The van der Waals surface area contributed by atoms with E-state index in [4.69, 9.17) is 19.4 Å². The fourth-order valence-electron chi connectivity index (χ4n) is 9.44. The second-order valence-electron chi connectivity index (χ2n) is 15.6. The molecule has 0 fully saturated rings. The van der Waals surface area contributed by atoms with Crippen molar-refractivity contribution in [1.29, 1.82) is 0 Å². The van der Waals surface area contributed by atoms with Gasteiger partial charge in [-0.15, -0.1) is 0 Å². The van der Waals surface area contributed by atoms with E-state index in [1.807, 2.05) is 36.4 Å². The van der Waals surface area contributed by atoms with Crippen molar-refractivity contribution in [2.45, 2.75) is 0 Å². The summed E-state index contributed by atoms with van der Waals surface area (Å²) in [6.45, 7) is 0. The van der Waals surface area contributed by atoms with Gasteiger partial charge in [0.15, 0.2) is 11.6 Å². The minimum Gasteiger partial charge on any atom is -0.456 e. The highest BCUT2D eigenvalue weighted by atomic mass is 16.3. The van der Waals surface area contributed by atoms with E-state index in [1.165, 1.54) is 21.9 Å². The van der Waals surface area contributed by atoms with E-state index in [1.54, 1.807) is 0 Å². The molecule has 0 spiro atoms. The lowest BCUT2D eigenvalue weighted by atomic mass is 10.0. The van der Waals surface area contributed by atoms with Crippen LogP contribution in [0, 0.1) is 0 Å². The maximum Gasteiger partial charge on any atom is 0.238 e. The second-order valence-corrected chi connectivity index (χ2v) is 15.6. The zero-order valence-corrected chi connectivity index (χ0v) is 32.7. The van der Waals surface area contributed by atoms with Crippen LogP contribution in [0.1, 0.15) is 0 Å². The molecule has 13 rings (SSSR count). The molecule has 0 aliphatic heterocycles. The third-order valence-electron chi connectivity index (χ3n) is 12.2. The van der Waals surface area contributed by atoms with E-state index in [2.05, 4.69) is 173 Å². The smallest absolute Gasteiger partial charge is 0.238 e. The standard InChI is InChI=1S/C55H33N5O/c1-3-14-34(15-4-1)37-19-13-20-39(32-37)59-45-24-11-9-23-43(45)50-46(59)30-31-47-51(50)44-29-26-35-16-7-8-21-40(35)52(44)60(47)55-57-53(36-17-5-2-6-18-36)56-54(58-55)38-27-28-42-41-22-10-12-25-48(41)61-49(42)33-38/h1-33H. The molecule has 61 heavy (non-hydrogen) atoms. The number of aromatic nitrogens is 5. The summed E-state index contributed by atoms with van der Waals surface area (Å²) < 4.78 is 11.0. The summed E-state index contributed by atoms with van der Waals surface area (Å²) in [5, 5.41) is 9.05. The molecule has 4 aromatic heterocycles. The van der Waals surface area contributed by atoms with E-state index >= 15 is 0 Å². The first-order valence-corrected chi connectivity index (χ1v) is 20.5. The first-order valence-electron chi connectivity index (χ1n) is 20.5. The van der Waals surface area contributed by atoms with Crippen LogP contribution in [-0.2, 0) is 0 Å². The van der Waals surface area contributed by atoms with Crippen molar-refractivity contribution in [2.75, 3.05) is 0 Å². The lowest BCUT2D eigenvalue weighted by molar-refractivity contribution is 0.669. The van der Waals surface area contributed by atoms with Crippen LogP contribution in [0.5, 0.6) is 0 Å². The molecule has 4 heterocycles. The first kappa shape index (κ1) is 33.6. The van der Waals surface area contributed by atoms with E-state index in [9.17, 15) is 0 Å². The minimum atomic E-state index is 0.545. The molecule has 6 heteroatoms. The predicted molar refractivity (Wildman–Crippen MR) is 250 cm³/mol. The van der Waals surface area contributed by atoms with Crippen molar-refractivity contribution >= 4 is 76.3 Å². The van der Waals surface area contributed by atoms with Crippen LogP contribution in [0.4, 0.5) is 0 Å². The fraction of sp³-hybridized carbons (Fsp3) is 0. The molecule has 0 unspecified atom stereocenters. The molecule has 0 radical (unpaired) electrons. The van der Waals surface area contributed by atoms with Crippen LogP contribution in [0.15, 0.2) is 205 Å². The van der Waals surface area contributed by atoms with Gasteiger partial charge in [0.25, 0.3) is 0 Å². The highest BCUT2D eigenvalue weighted by Crippen LogP contribution is 2.44. The molecule has 284 valence electrons. The Morgan fingerprint density at radius 1 is 0.344 bits per heavy atom. The van der Waals surface area contributed by atoms with Crippen LogP contribution in [0.3, 0.4) is 0 Å².